The molecule has 1 saturated heterocycles. The van der Waals surface area contributed by atoms with E-state index >= 15 is 0 Å². The van der Waals surface area contributed by atoms with E-state index in [1.165, 1.54) is 17.7 Å². The van der Waals surface area contributed by atoms with E-state index < -0.39 is 0 Å². The Kier molecular flexibility index (Phi) is 5.97. The highest BCUT2D eigenvalue weighted by Crippen LogP contribution is 2.18. The number of carbonyl (C=O) groups excluding carboxylic acids is 2. The summed E-state index contributed by atoms with van der Waals surface area (Å²) in [6.45, 7) is 4.87. The first-order valence-corrected chi connectivity index (χ1v) is 9.63. The second-order valence-corrected chi connectivity index (χ2v) is 7.55. The van der Waals surface area contributed by atoms with E-state index in [0.29, 0.717) is 29.7 Å². The van der Waals surface area contributed by atoms with Gasteiger partial charge in [0.25, 0.3) is 11.8 Å². The van der Waals surface area contributed by atoms with Crippen LogP contribution in [0.15, 0.2) is 24.3 Å². The molecule has 0 bridgehead atoms. The van der Waals surface area contributed by atoms with Crippen molar-refractivity contribution in [2.24, 2.45) is 0 Å². The lowest BCUT2D eigenvalue weighted by Gasteiger charge is -2.35. The Labute approximate surface area is 154 Å². The molecule has 2 aliphatic rings. The van der Waals surface area contributed by atoms with Crippen LogP contribution in [-0.2, 0) is 4.79 Å². The van der Waals surface area contributed by atoms with Crippen molar-refractivity contribution in [3.63, 3.8) is 0 Å². The molecule has 1 aliphatic heterocycles. The first-order valence-electron chi connectivity index (χ1n) is 9.25. The molecule has 2 amide bonds. The SMILES string of the molecule is C[C@H](C(=O)NC1CCCC1)[NH+]1CCN(C(=O)c2ccccc2Cl)CC1. The maximum atomic E-state index is 12.6. The monoisotopic (exact) mass is 364 g/mol. The molecule has 0 radical (unpaired) electrons. The lowest BCUT2D eigenvalue weighted by Crippen LogP contribution is -3.19. The summed E-state index contributed by atoms with van der Waals surface area (Å²) in [4.78, 5) is 28.2. The minimum absolute atomic E-state index is 0.0206. The number of carbonyl (C=O) groups is 2. The number of nitrogens with zero attached hydrogens (tertiary/aromatic N) is 1. The lowest BCUT2D eigenvalue weighted by atomic mass is 10.1. The summed E-state index contributed by atoms with van der Waals surface area (Å²) in [5.74, 6) is 0.125. The van der Waals surface area contributed by atoms with Gasteiger partial charge in [0, 0.05) is 6.04 Å². The van der Waals surface area contributed by atoms with Crippen molar-refractivity contribution in [2.45, 2.75) is 44.7 Å². The number of piperazine rings is 1. The predicted molar refractivity (Wildman–Crippen MR) is 97.9 cm³/mol. The van der Waals surface area contributed by atoms with E-state index in [4.69, 9.17) is 11.6 Å². The van der Waals surface area contributed by atoms with Gasteiger partial charge in [-0.15, -0.1) is 0 Å². The molecule has 0 spiro atoms. The molecule has 0 unspecified atom stereocenters. The number of hydrogen-bond acceptors (Lipinski definition) is 2. The van der Waals surface area contributed by atoms with Crippen LogP contribution in [0, 0.1) is 0 Å². The van der Waals surface area contributed by atoms with Gasteiger partial charge in [0.2, 0.25) is 0 Å². The highest BCUT2D eigenvalue weighted by Gasteiger charge is 2.32. The van der Waals surface area contributed by atoms with E-state index in [2.05, 4.69) is 5.32 Å². The van der Waals surface area contributed by atoms with Crippen LogP contribution >= 0.6 is 11.6 Å². The van der Waals surface area contributed by atoms with Gasteiger partial charge in [-0.1, -0.05) is 36.6 Å². The molecular formula is C19H27ClN3O2+. The average Bonchev–Trinajstić information content (AvgIpc) is 3.14. The molecule has 6 heteroatoms. The van der Waals surface area contributed by atoms with Gasteiger partial charge in [-0.25, -0.2) is 0 Å². The fourth-order valence-corrected chi connectivity index (χ4v) is 4.03. The number of nitrogens with one attached hydrogen (secondary N) is 2. The standard InChI is InChI=1S/C19H26ClN3O2/c1-14(18(24)21-15-6-2-3-7-15)22-10-12-23(13-11-22)19(25)16-8-4-5-9-17(16)20/h4-5,8-9,14-15H,2-3,6-7,10-13H2,1H3,(H,21,24)/p+1/t14-/m1/s1. The van der Waals surface area contributed by atoms with Crippen LogP contribution in [0.25, 0.3) is 0 Å². The Morgan fingerprint density at radius 2 is 1.84 bits per heavy atom. The third-order valence-electron chi connectivity index (χ3n) is 5.50. The molecule has 25 heavy (non-hydrogen) atoms. The molecule has 1 atom stereocenters. The Morgan fingerprint density at radius 1 is 1.20 bits per heavy atom. The Bertz CT molecular complexity index is 623. The maximum absolute atomic E-state index is 12.6. The second-order valence-electron chi connectivity index (χ2n) is 7.14. The summed E-state index contributed by atoms with van der Waals surface area (Å²) in [6, 6.07) is 7.45. The summed E-state index contributed by atoms with van der Waals surface area (Å²) in [6.07, 6.45) is 4.64. The van der Waals surface area contributed by atoms with Gasteiger partial charge >= 0.3 is 0 Å². The zero-order valence-corrected chi connectivity index (χ0v) is 15.5. The minimum atomic E-state index is -0.0711. The van der Waals surface area contributed by atoms with Crippen LogP contribution < -0.4 is 10.2 Å². The Hall–Kier alpha value is -1.59. The molecule has 3 rings (SSSR count). The molecule has 1 aromatic rings. The molecule has 1 aliphatic carbocycles. The quantitative estimate of drug-likeness (QED) is 0.841. The van der Waals surface area contributed by atoms with Crippen molar-refractivity contribution in [1.82, 2.24) is 10.2 Å². The van der Waals surface area contributed by atoms with Gasteiger partial charge in [0.05, 0.1) is 36.8 Å². The summed E-state index contributed by atoms with van der Waals surface area (Å²) >= 11 is 6.13. The summed E-state index contributed by atoms with van der Waals surface area (Å²) < 4.78 is 0. The second kappa shape index (κ2) is 8.19. The molecular weight excluding hydrogens is 338 g/mol. The number of hydrogen-bond donors (Lipinski definition) is 2. The maximum Gasteiger partial charge on any atom is 0.278 e. The molecule has 1 saturated carbocycles. The number of halogens is 1. The predicted octanol–water partition coefficient (Wildman–Crippen LogP) is 1.13. The van der Waals surface area contributed by atoms with Crippen LogP contribution in [0.1, 0.15) is 43.0 Å². The van der Waals surface area contributed by atoms with Gasteiger partial charge < -0.3 is 15.1 Å². The first kappa shape index (κ1) is 18.2. The van der Waals surface area contributed by atoms with Gasteiger partial charge in [0.15, 0.2) is 6.04 Å². The van der Waals surface area contributed by atoms with Gasteiger partial charge in [-0.05, 0) is 31.9 Å². The number of rotatable bonds is 4. The van der Waals surface area contributed by atoms with Crippen molar-refractivity contribution in [1.29, 1.82) is 0 Å². The third kappa shape index (κ3) is 4.33. The molecule has 2 N–H and O–H groups in total. The fourth-order valence-electron chi connectivity index (χ4n) is 3.82. The van der Waals surface area contributed by atoms with E-state index in [1.54, 1.807) is 12.1 Å². The van der Waals surface area contributed by atoms with Crippen molar-refractivity contribution in [3.8, 4) is 0 Å². The normalized spacial score (nSPS) is 20.5. The van der Waals surface area contributed by atoms with Crippen molar-refractivity contribution in [3.05, 3.63) is 34.9 Å². The van der Waals surface area contributed by atoms with E-state index in [9.17, 15) is 9.59 Å². The highest BCUT2D eigenvalue weighted by atomic mass is 35.5. The highest BCUT2D eigenvalue weighted by molar-refractivity contribution is 6.33. The van der Waals surface area contributed by atoms with Crippen molar-refractivity contribution in [2.75, 3.05) is 26.2 Å². The van der Waals surface area contributed by atoms with E-state index in [1.807, 2.05) is 24.0 Å². The Balaban J connectivity index is 1.51. The molecule has 1 aromatic carbocycles. The van der Waals surface area contributed by atoms with E-state index in [0.717, 1.165) is 25.9 Å². The number of amides is 2. The van der Waals surface area contributed by atoms with Gasteiger partial charge in [-0.3, -0.25) is 9.59 Å². The topological polar surface area (TPSA) is 53.9 Å². The van der Waals surface area contributed by atoms with Gasteiger partial charge in [-0.2, -0.15) is 0 Å². The third-order valence-corrected chi connectivity index (χ3v) is 5.83. The molecule has 136 valence electrons. The summed E-state index contributed by atoms with van der Waals surface area (Å²) in [5.41, 5.74) is 0.555. The lowest BCUT2D eigenvalue weighted by molar-refractivity contribution is -0.917. The summed E-state index contributed by atoms with van der Waals surface area (Å²) in [5, 5.41) is 3.68. The first-order chi connectivity index (χ1) is 12.1. The smallest absolute Gasteiger partial charge is 0.278 e. The van der Waals surface area contributed by atoms with Crippen LogP contribution in [0.5, 0.6) is 0 Å². The molecule has 2 fully saturated rings. The number of quaternary nitrogens is 1. The summed E-state index contributed by atoms with van der Waals surface area (Å²) in [7, 11) is 0. The van der Waals surface area contributed by atoms with Crippen molar-refractivity contribution < 1.29 is 14.5 Å². The van der Waals surface area contributed by atoms with E-state index in [-0.39, 0.29) is 17.9 Å². The van der Waals surface area contributed by atoms with Crippen LogP contribution in [0.3, 0.4) is 0 Å². The largest absolute Gasteiger partial charge is 0.348 e. The zero-order chi connectivity index (χ0) is 17.8. The zero-order valence-electron chi connectivity index (χ0n) is 14.8. The minimum Gasteiger partial charge on any atom is -0.348 e. The fraction of sp³-hybridized carbons (Fsp3) is 0.579. The van der Waals surface area contributed by atoms with Gasteiger partial charge in [0.1, 0.15) is 0 Å². The average molecular weight is 365 g/mol. The van der Waals surface area contributed by atoms with Crippen LogP contribution in [0.4, 0.5) is 0 Å². The number of benzene rings is 1. The molecule has 0 aromatic heterocycles. The molecule has 1 heterocycles. The van der Waals surface area contributed by atoms with Crippen molar-refractivity contribution >= 4 is 23.4 Å². The van der Waals surface area contributed by atoms with Crippen LogP contribution in [-0.4, -0.2) is 55.0 Å². The molecule has 5 nitrogen and oxygen atoms in total. The Morgan fingerprint density at radius 3 is 2.48 bits per heavy atom. The van der Waals surface area contributed by atoms with Crippen LogP contribution in [0.2, 0.25) is 5.02 Å².